The molecule has 0 heterocycles. The number of nitrogens with one attached hydrogen (secondary N) is 1. The van der Waals surface area contributed by atoms with E-state index >= 15 is 0 Å². The van der Waals surface area contributed by atoms with Crippen molar-refractivity contribution in [2.24, 2.45) is 11.8 Å². The predicted molar refractivity (Wildman–Crippen MR) is 83.5 cm³/mol. The monoisotopic (exact) mass is 266 g/mol. The van der Waals surface area contributed by atoms with E-state index in [0.717, 1.165) is 17.9 Å². The van der Waals surface area contributed by atoms with Crippen molar-refractivity contribution >= 4 is 0 Å². The molecule has 19 heavy (non-hydrogen) atoms. The molecule has 0 aromatic rings. The van der Waals surface area contributed by atoms with Crippen LogP contribution in [0.2, 0.25) is 0 Å². The zero-order chi connectivity index (χ0) is 13.5. The van der Waals surface area contributed by atoms with Gasteiger partial charge in [0.25, 0.3) is 0 Å². The van der Waals surface area contributed by atoms with E-state index in [-0.39, 0.29) is 0 Å². The molecular formula is C17H34N2. The van der Waals surface area contributed by atoms with Gasteiger partial charge in [0, 0.05) is 19.1 Å². The molecule has 0 aromatic carbocycles. The summed E-state index contributed by atoms with van der Waals surface area (Å²) in [5, 5.41) is 3.89. The van der Waals surface area contributed by atoms with Crippen molar-refractivity contribution in [1.82, 2.24) is 10.2 Å². The van der Waals surface area contributed by atoms with Crippen molar-refractivity contribution in [3.63, 3.8) is 0 Å². The summed E-state index contributed by atoms with van der Waals surface area (Å²) >= 11 is 0. The molecule has 1 N–H and O–H groups in total. The molecule has 2 aliphatic rings. The van der Waals surface area contributed by atoms with Crippen LogP contribution in [0.15, 0.2) is 0 Å². The SMILES string of the molecule is CCCCN(CCCC)CCNC(C1CC1)C1CC1. The average Bonchev–Trinajstić information content (AvgIpc) is 3.29. The minimum Gasteiger partial charge on any atom is -0.312 e. The summed E-state index contributed by atoms with van der Waals surface area (Å²) in [7, 11) is 0. The van der Waals surface area contributed by atoms with E-state index in [9.17, 15) is 0 Å². The van der Waals surface area contributed by atoms with Gasteiger partial charge in [-0.15, -0.1) is 0 Å². The van der Waals surface area contributed by atoms with E-state index < -0.39 is 0 Å². The number of unbranched alkanes of at least 4 members (excludes halogenated alkanes) is 2. The van der Waals surface area contributed by atoms with Crippen molar-refractivity contribution in [2.75, 3.05) is 26.2 Å². The topological polar surface area (TPSA) is 15.3 Å². The van der Waals surface area contributed by atoms with Crippen LogP contribution in [-0.4, -0.2) is 37.1 Å². The summed E-state index contributed by atoms with van der Waals surface area (Å²) in [4.78, 5) is 2.68. The quantitative estimate of drug-likeness (QED) is 0.580. The third kappa shape index (κ3) is 5.83. The van der Waals surface area contributed by atoms with Crippen LogP contribution in [0.3, 0.4) is 0 Å². The van der Waals surface area contributed by atoms with Crippen LogP contribution in [0.5, 0.6) is 0 Å². The van der Waals surface area contributed by atoms with Crippen molar-refractivity contribution in [3.8, 4) is 0 Å². The Balaban J connectivity index is 1.61. The van der Waals surface area contributed by atoms with Gasteiger partial charge in [-0.3, -0.25) is 0 Å². The van der Waals surface area contributed by atoms with E-state index in [1.54, 1.807) is 0 Å². The maximum absolute atomic E-state index is 3.89. The maximum atomic E-state index is 3.89. The largest absolute Gasteiger partial charge is 0.312 e. The highest BCUT2D eigenvalue weighted by atomic mass is 15.1. The number of hydrogen-bond donors (Lipinski definition) is 1. The van der Waals surface area contributed by atoms with Crippen LogP contribution in [-0.2, 0) is 0 Å². The first-order valence-corrected chi connectivity index (χ1v) is 8.80. The van der Waals surface area contributed by atoms with Crippen LogP contribution < -0.4 is 5.32 Å². The molecule has 0 aliphatic heterocycles. The summed E-state index contributed by atoms with van der Waals surface area (Å²) < 4.78 is 0. The molecule has 2 saturated carbocycles. The summed E-state index contributed by atoms with van der Waals surface area (Å²) in [5.41, 5.74) is 0. The Bertz CT molecular complexity index is 213. The second-order valence-electron chi connectivity index (χ2n) is 6.70. The second-order valence-corrected chi connectivity index (χ2v) is 6.70. The van der Waals surface area contributed by atoms with Gasteiger partial charge in [-0.05, 0) is 63.5 Å². The predicted octanol–water partition coefficient (Wildman–Crippen LogP) is 3.67. The summed E-state index contributed by atoms with van der Waals surface area (Å²) in [6.07, 6.45) is 11.3. The first-order valence-electron chi connectivity index (χ1n) is 8.80. The van der Waals surface area contributed by atoms with E-state index in [1.807, 2.05) is 0 Å². The van der Waals surface area contributed by atoms with Gasteiger partial charge < -0.3 is 10.2 Å². The molecule has 0 bridgehead atoms. The summed E-state index contributed by atoms with van der Waals surface area (Å²) in [5.74, 6) is 2.07. The molecule has 2 fully saturated rings. The Hall–Kier alpha value is -0.0800. The summed E-state index contributed by atoms with van der Waals surface area (Å²) in [6, 6.07) is 0.874. The molecule has 2 heteroatoms. The third-order valence-corrected chi connectivity index (χ3v) is 4.72. The molecule has 112 valence electrons. The van der Waals surface area contributed by atoms with E-state index in [4.69, 9.17) is 0 Å². The van der Waals surface area contributed by atoms with Crippen LogP contribution in [0.25, 0.3) is 0 Å². The zero-order valence-electron chi connectivity index (χ0n) is 13.2. The Labute approximate surface area is 120 Å². The Morgan fingerprint density at radius 1 is 0.895 bits per heavy atom. The fraction of sp³-hybridized carbons (Fsp3) is 1.00. The van der Waals surface area contributed by atoms with Gasteiger partial charge in [-0.2, -0.15) is 0 Å². The molecule has 2 aliphatic carbocycles. The van der Waals surface area contributed by atoms with Crippen molar-refractivity contribution in [3.05, 3.63) is 0 Å². The van der Waals surface area contributed by atoms with Crippen LogP contribution in [0.4, 0.5) is 0 Å². The highest BCUT2D eigenvalue weighted by Gasteiger charge is 2.40. The Morgan fingerprint density at radius 2 is 1.42 bits per heavy atom. The van der Waals surface area contributed by atoms with Gasteiger partial charge in [-0.1, -0.05) is 26.7 Å². The van der Waals surface area contributed by atoms with Gasteiger partial charge in [0.05, 0.1) is 0 Å². The maximum Gasteiger partial charge on any atom is 0.0124 e. The molecule has 0 atom stereocenters. The van der Waals surface area contributed by atoms with E-state index in [1.165, 1.54) is 77.5 Å². The smallest absolute Gasteiger partial charge is 0.0124 e. The van der Waals surface area contributed by atoms with E-state index in [0.29, 0.717) is 0 Å². The van der Waals surface area contributed by atoms with Crippen LogP contribution in [0.1, 0.15) is 65.2 Å². The normalized spacial score (nSPS) is 19.6. The highest BCUT2D eigenvalue weighted by molar-refractivity contribution is 4.96. The van der Waals surface area contributed by atoms with Gasteiger partial charge in [-0.25, -0.2) is 0 Å². The average molecular weight is 266 g/mol. The Kier molecular flexibility index (Phi) is 6.66. The highest BCUT2D eigenvalue weighted by Crippen LogP contribution is 2.44. The van der Waals surface area contributed by atoms with Crippen molar-refractivity contribution < 1.29 is 0 Å². The zero-order valence-corrected chi connectivity index (χ0v) is 13.2. The number of hydrogen-bond acceptors (Lipinski definition) is 2. The lowest BCUT2D eigenvalue weighted by atomic mass is 10.1. The van der Waals surface area contributed by atoms with Crippen LogP contribution >= 0.6 is 0 Å². The molecule has 0 radical (unpaired) electrons. The molecule has 2 rings (SSSR count). The lowest BCUT2D eigenvalue weighted by Gasteiger charge is -2.24. The molecule has 2 nitrogen and oxygen atoms in total. The molecule has 0 saturated heterocycles. The molecule has 0 aromatic heterocycles. The standard InChI is InChI=1S/C17H34N2/c1-3-5-12-19(13-6-4-2)14-11-18-17(15-7-8-15)16-9-10-16/h15-18H,3-14H2,1-2H3. The molecule has 0 unspecified atom stereocenters. The van der Waals surface area contributed by atoms with Crippen LogP contribution in [0, 0.1) is 11.8 Å². The summed E-state index contributed by atoms with van der Waals surface area (Å²) in [6.45, 7) is 9.67. The fourth-order valence-corrected chi connectivity index (χ4v) is 3.12. The fourth-order valence-electron chi connectivity index (χ4n) is 3.12. The number of rotatable bonds is 12. The number of nitrogens with zero attached hydrogens (tertiary/aromatic N) is 1. The van der Waals surface area contributed by atoms with Gasteiger partial charge in [0.1, 0.15) is 0 Å². The lowest BCUT2D eigenvalue weighted by Crippen LogP contribution is -2.40. The molecule has 0 amide bonds. The van der Waals surface area contributed by atoms with E-state index in [2.05, 4.69) is 24.1 Å². The van der Waals surface area contributed by atoms with Crippen molar-refractivity contribution in [1.29, 1.82) is 0 Å². The molecule has 0 spiro atoms. The minimum absolute atomic E-state index is 0.874. The Morgan fingerprint density at radius 3 is 1.84 bits per heavy atom. The molecular weight excluding hydrogens is 232 g/mol. The minimum atomic E-state index is 0.874. The van der Waals surface area contributed by atoms with Crippen molar-refractivity contribution in [2.45, 2.75) is 71.3 Å². The third-order valence-electron chi connectivity index (χ3n) is 4.72. The van der Waals surface area contributed by atoms with Gasteiger partial charge in [0.2, 0.25) is 0 Å². The first kappa shape index (κ1) is 15.3. The van der Waals surface area contributed by atoms with Gasteiger partial charge in [0.15, 0.2) is 0 Å². The second kappa shape index (κ2) is 8.26. The first-order chi connectivity index (χ1) is 9.35. The lowest BCUT2D eigenvalue weighted by molar-refractivity contribution is 0.255. The van der Waals surface area contributed by atoms with Gasteiger partial charge >= 0.3 is 0 Å².